The topological polar surface area (TPSA) is 37.8 Å². The number of aromatic nitrogens is 2. The van der Waals surface area contributed by atoms with E-state index in [1.165, 1.54) is 5.56 Å². The van der Waals surface area contributed by atoms with E-state index < -0.39 is 0 Å². The molecule has 0 saturated carbocycles. The summed E-state index contributed by atoms with van der Waals surface area (Å²) < 4.78 is 0. The van der Waals surface area contributed by atoms with Gasteiger partial charge in [0, 0.05) is 13.0 Å². The van der Waals surface area contributed by atoms with Crippen LogP contribution in [0.1, 0.15) is 24.4 Å². The minimum atomic E-state index is 0.637. The summed E-state index contributed by atoms with van der Waals surface area (Å²) in [5.41, 5.74) is 1.30. The monoisotopic (exact) mass is 253 g/mol. The van der Waals surface area contributed by atoms with Gasteiger partial charge in [-0.25, -0.2) is 0 Å². The molecule has 0 aliphatic carbocycles. The molecule has 2 heterocycles. The van der Waals surface area contributed by atoms with Crippen LogP contribution in [0.3, 0.4) is 0 Å². The fraction of sp³-hybridized carbons (Fsp3) is 0.455. The first-order valence-electron chi connectivity index (χ1n) is 5.31. The SMILES string of the molecule is CC(C)Cc1nnc(NCc2ccsc2)s1. The van der Waals surface area contributed by atoms with Crippen LogP contribution in [0.5, 0.6) is 0 Å². The Labute approximate surface area is 104 Å². The highest BCUT2D eigenvalue weighted by molar-refractivity contribution is 7.15. The standard InChI is InChI=1S/C11H15N3S2/c1-8(2)5-10-13-14-11(16-10)12-6-9-3-4-15-7-9/h3-4,7-8H,5-6H2,1-2H3,(H,12,14). The summed E-state index contributed by atoms with van der Waals surface area (Å²) in [4.78, 5) is 0. The Morgan fingerprint density at radius 2 is 2.25 bits per heavy atom. The van der Waals surface area contributed by atoms with Crippen LogP contribution in [0.4, 0.5) is 5.13 Å². The molecule has 5 heteroatoms. The normalized spacial score (nSPS) is 10.9. The lowest BCUT2D eigenvalue weighted by Gasteiger charge is -1.99. The second-order valence-corrected chi connectivity index (χ2v) is 5.93. The van der Waals surface area contributed by atoms with E-state index in [0.29, 0.717) is 5.92 Å². The molecule has 0 unspecified atom stereocenters. The highest BCUT2D eigenvalue weighted by Crippen LogP contribution is 2.19. The first-order chi connectivity index (χ1) is 7.74. The lowest BCUT2D eigenvalue weighted by Crippen LogP contribution is -1.96. The molecular formula is C11H15N3S2. The lowest BCUT2D eigenvalue weighted by molar-refractivity contribution is 0.640. The maximum Gasteiger partial charge on any atom is 0.205 e. The van der Waals surface area contributed by atoms with Crippen molar-refractivity contribution in [2.75, 3.05) is 5.32 Å². The number of hydrogen-bond donors (Lipinski definition) is 1. The molecule has 1 N–H and O–H groups in total. The van der Waals surface area contributed by atoms with Crippen molar-refractivity contribution in [3.63, 3.8) is 0 Å². The van der Waals surface area contributed by atoms with Crippen molar-refractivity contribution < 1.29 is 0 Å². The van der Waals surface area contributed by atoms with Crippen molar-refractivity contribution in [2.45, 2.75) is 26.8 Å². The van der Waals surface area contributed by atoms with Crippen LogP contribution in [0, 0.1) is 5.92 Å². The summed E-state index contributed by atoms with van der Waals surface area (Å²) in [6.45, 7) is 5.22. The van der Waals surface area contributed by atoms with Gasteiger partial charge in [-0.3, -0.25) is 0 Å². The molecule has 0 spiro atoms. The molecule has 3 nitrogen and oxygen atoms in total. The average Bonchev–Trinajstić information content (AvgIpc) is 2.84. The van der Waals surface area contributed by atoms with Crippen molar-refractivity contribution in [1.29, 1.82) is 0 Å². The molecule has 0 aromatic carbocycles. The van der Waals surface area contributed by atoms with Gasteiger partial charge in [0.2, 0.25) is 5.13 Å². The van der Waals surface area contributed by atoms with Crippen molar-refractivity contribution in [3.8, 4) is 0 Å². The van der Waals surface area contributed by atoms with Gasteiger partial charge < -0.3 is 5.32 Å². The Kier molecular flexibility index (Phi) is 3.90. The summed E-state index contributed by atoms with van der Waals surface area (Å²) in [6, 6.07) is 2.12. The quantitative estimate of drug-likeness (QED) is 0.887. The molecule has 0 radical (unpaired) electrons. The highest BCUT2D eigenvalue weighted by atomic mass is 32.1. The molecule has 0 fully saturated rings. The molecule has 0 aliphatic heterocycles. The zero-order valence-corrected chi connectivity index (χ0v) is 11.1. The minimum Gasteiger partial charge on any atom is -0.356 e. The predicted molar refractivity (Wildman–Crippen MR) is 70.1 cm³/mol. The Morgan fingerprint density at radius 1 is 1.38 bits per heavy atom. The van der Waals surface area contributed by atoms with Crippen LogP contribution in [0.25, 0.3) is 0 Å². The highest BCUT2D eigenvalue weighted by Gasteiger charge is 2.05. The van der Waals surface area contributed by atoms with Gasteiger partial charge in [-0.1, -0.05) is 25.2 Å². The number of thiophene rings is 1. The maximum atomic E-state index is 4.16. The van der Waals surface area contributed by atoms with Crippen LogP contribution in [-0.4, -0.2) is 10.2 Å². The van der Waals surface area contributed by atoms with Gasteiger partial charge in [-0.05, 0) is 28.3 Å². The Hall–Kier alpha value is -0.940. The van der Waals surface area contributed by atoms with E-state index in [4.69, 9.17) is 0 Å². The van der Waals surface area contributed by atoms with Crippen molar-refractivity contribution in [2.24, 2.45) is 5.92 Å². The van der Waals surface area contributed by atoms with Crippen LogP contribution in [-0.2, 0) is 13.0 Å². The van der Waals surface area contributed by atoms with Crippen molar-refractivity contribution >= 4 is 27.8 Å². The van der Waals surface area contributed by atoms with E-state index in [2.05, 4.69) is 46.2 Å². The maximum absolute atomic E-state index is 4.16. The van der Waals surface area contributed by atoms with Gasteiger partial charge in [0.1, 0.15) is 5.01 Å². The van der Waals surface area contributed by atoms with Gasteiger partial charge in [-0.15, -0.1) is 10.2 Å². The molecule has 2 aromatic rings. The van der Waals surface area contributed by atoms with Crippen LogP contribution in [0.2, 0.25) is 0 Å². The summed E-state index contributed by atoms with van der Waals surface area (Å²) in [6.07, 6.45) is 1.01. The molecule has 0 saturated heterocycles. The minimum absolute atomic E-state index is 0.637. The smallest absolute Gasteiger partial charge is 0.205 e. The van der Waals surface area contributed by atoms with Gasteiger partial charge >= 0.3 is 0 Å². The molecule has 0 amide bonds. The largest absolute Gasteiger partial charge is 0.356 e. The van der Waals surface area contributed by atoms with E-state index in [1.54, 1.807) is 22.7 Å². The van der Waals surface area contributed by atoms with Gasteiger partial charge in [0.25, 0.3) is 0 Å². The first kappa shape index (κ1) is 11.5. The van der Waals surface area contributed by atoms with Gasteiger partial charge in [-0.2, -0.15) is 11.3 Å². The number of hydrogen-bond acceptors (Lipinski definition) is 5. The first-order valence-corrected chi connectivity index (χ1v) is 7.07. The lowest BCUT2D eigenvalue weighted by atomic mass is 10.1. The second kappa shape index (κ2) is 5.41. The van der Waals surface area contributed by atoms with E-state index in [9.17, 15) is 0 Å². The Balaban J connectivity index is 1.88. The summed E-state index contributed by atoms with van der Waals surface area (Å²) >= 11 is 3.37. The van der Waals surface area contributed by atoms with E-state index >= 15 is 0 Å². The number of nitrogens with zero attached hydrogens (tertiary/aromatic N) is 2. The van der Waals surface area contributed by atoms with Gasteiger partial charge in [0.05, 0.1) is 0 Å². The van der Waals surface area contributed by atoms with E-state index in [-0.39, 0.29) is 0 Å². The molecule has 86 valence electrons. The van der Waals surface area contributed by atoms with E-state index in [0.717, 1.165) is 23.1 Å². The second-order valence-electron chi connectivity index (χ2n) is 4.08. The number of anilines is 1. The Morgan fingerprint density at radius 3 is 2.94 bits per heavy atom. The number of nitrogens with one attached hydrogen (secondary N) is 1. The summed E-state index contributed by atoms with van der Waals surface area (Å²) in [5.74, 6) is 0.637. The summed E-state index contributed by atoms with van der Waals surface area (Å²) in [5, 5.41) is 17.8. The third-order valence-corrected chi connectivity index (χ3v) is 3.71. The van der Waals surface area contributed by atoms with Crippen LogP contribution in [0.15, 0.2) is 16.8 Å². The zero-order chi connectivity index (χ0) is 11.4. The number of rotatable bonds is 5. The molecule has 0 atom stereocenters. The average molecular weight is 253 g/mol. The van der Waals surface area contributed by atoms with Crippen LogP contribution >= 0.6 is 22.7 Å². The predicted octanol–water partition coefficient (Wildman–Crippen LogP) is 3.41. The van der Waals surface area contributed by atoms with Crippen LogP contribution < -0.4 is 5.32 Å². The third kappa shape index (κ3) is 3.28. The molecule has 16 heavy (non-hydrogen) atoms. The zero-order valence-electron chi connectivity index (χ0n) is 9.43. The molecular weight excluding hydrogens is 238 g/mol. The molecule has 2 rings (SSSR count). The fourth-order valence-corrected chi connectivity index (χ4v) is 2.94. The van der Waals surface area contributed by atoms with E-state index in [1.807, 2.05) is 0 Å². The van der Waals surface area contributed by atoms with Crippen molar-refractivity contribution in [1.82, 2.24) is 10.2 Å². The third-order valence-electron chi connectivity index (χ3n) is 2.07. The van der Waals surface area contributed by atoms with Gasteiger partial charge in [0.15, 0.2) is 0 Å². The molecule has 2 aromatic heterocycles. The summed E-state index contributed by atoms with van der Waals surface area (Å²) in [7, 11) is 0. The molecule has 0 bridgehead atoms. The van der Waals surface area contributed by atoms with Crippen molar-refractivity contribution in [3.05, 3.63) is 27.4 Å². The fourth-order valence-electron chi connectivity index (χ4n) is 1.33. The molecule has 0 aliphatic rings. The Bertz CT molecular complexity index is 420.